The third-order valence-electron chi connectivity index (χ3n) is 2.56. The van der Waals surface area contributed by atoms with Gasteiger partial charge in [-0.05, 0) is 48.5 Å². The molecule has 0 radical (unpaired) electrons. The number of carbonyl (C=O) groups is 1. The lowest BCUT2D eigenvalue weighted by molar-refractivity contribution is 0.102. The first-order chi connectivity index (χ1) is 9.69. The Morgan fingerprint density at radius 3 is 2.35 bits per heavy atom. The van der Waals surface area contributed by atoms with Crippen LogP contribution in [0.2, 0.25) is 5.02 Å². The maximum atomic E-state index is 12.0. The lowest BCUT2D eigenvalue weighted by atomic mass is 10.2. The smallest absolute Gasteiger partial charge is 0.255 e. The van der Waals surface area contributed by atoms with E-state index in [9.17, 15) is 4.79 Å². The van der Waals surface area contributed by atoms with Crippen molar-refractivity contribution in [2.45, 2.75) is 0 Å². The van der Waals surface area contributed by atoms with E-state index in [4.69, 9.17) is 16.7 Å². The SMILES string of the molecule is O=C(Nc1ccc(C#CCO)cc1)c1ccc(Cl)cc1. The summed E-state index contributed by atoms with van der Waals surface area (Å²) in [5.41, 5.74) is 2.00. The van der Waals surface area contributed by atoms with Crippen LogP contribution in [0.3, 0.4) is 0 Å². The maximum absolute atomic E-state index is 12.0. The van der Waals surface area contributed by atoms with Crippen LogP contribution in [-0.2, 0) is 0 Å². The molecule has 2 aromatic carbocycles. The zero-order chi connectivity index (χ0) is 14.4. The van der Waals surface area contributed by atoms with Crippen molar-refractivity contribution < 1.29 is 9.90 Å². The van der Waals surface area contributed by atoms with Gasteiger partial charge in [-0.1, -0.05) is 23.4 Å². The van der Waals surface area contributed by atoms with Gasteiger partial charge in [-0.2, -0.15) is 0 Å². The summed E-state index contributed by atoms with van der Waals surface area (Å²) in [7, 11) is 0. The molecule has 0 aliphatic carbocycles. The van der Waals surface area contributed by atoms with Gasteiger partial charge >= 0.3 is 0 Å². The van der Waals surface area contributed by atoms with Gasteiger partial charge in [0.1, 0.15) is 6.61 Å². The number of benzene rings is 2. The van der Waals surface area contributed by atoms with Crippen LogP contribution in [0.1, 0.15) is 15.9 Å². The van der Waals surface area contributed by atoms with Gasteiger partial charge < -0.3 is 10.4 Å². The number of rotatable bonds is 2. The summed E-state index contributed by atoms with van der Waals surface area (Å²) < 4.78 is 0. The predicted molar refractivity (Wildman–Crippen MR) is 79.8 cm³/mol. The van der Waals surface area contributed by atoms with Gasteiger partial charge in [-0.25, -0.2) is 0 Å². The van der Waals surface area contributed by atoms with Crippen molar-refractivity contribution in [3.8, 4) is 11.8 Å². The van der Waals surface area contributed by atoms with Crippen molar-refractivity contribution >= 4 is 23.2 Å². The zero-order valence-electron chi connectivity index (χ0n) is 10.6. The van der Waals surface area contributed by atoms with E-state index in [-0.39, 0.29) is 12.5 Å². The molecule has 0 aliphatic rings. The molecule has 0 aromatic heterocycles. The summed E-state index contributed by atoms with van der Waals surface area (Å²) in [4.78, 5) is 12.0. The molecule has 2 rings (SSSR count). The van der Waals surface area contributed by atoms with E-state index in [1.165, 1.54) is 0 Å². The van der Waals surface area contributed by atoms with Crippen molar-refractivity contribution in [3.05, 3.63) is 64.7 Å². The molecule has 0 fully saturated rings. The Morgan fingerprint density at radius 1 is 1.10 bits per heavy atom. The van der Waals surface area contributed by atoms with Crippen LogP contribution in [0.5, 0.6) is 0 Å². The number of amides is 1. The van der Waals surface area contributed by atoms with Crippen molar-refractivity contribution in [2.24, 2.45) is 0 Å². The van der Waals surface area contributed by atoms with Crippen LogP contribution in [0.25, 0.3) is 0 Å². The van der Waals surface area contributed by atoms with Crippen molar-refractivity contribution in [1.29, 1.82) is 0 Å². The van der Waals surface area contributed by atoms with Gasteiger partial charge in [-0.15, -0.1) is 0 Å². The predicted octanol–water partition coefficient (Wildman–Crippen LogP) is 2.94. The number of hydrogen-bond donors (Lipinski definition) is 2. The van der Waals surface area contributed by atoms with Crippen LogP contribution in [0.4, 0.5) is 5.69 Å². The molecule has 0 unspecified atom stereocenters. The largest absolute Gasteiger partial charge is 0.384 e. The lowest BCUT2D eigenvalue weighted by Gasteiger charge is -2.05. The summed E-state index contributed by atoms with van der Waals surface area (Å²) in [6, 6.07) is 13.7. The number of nitrogens with one attached hydrogen (secondary N) is 1. The van der Waals surface area contributed by atoms with E-state index in [0.29, 0.717) is 16.3 Å². The van der Waals surface area contributed by atoms with Crippen molar-refractivity contribution in [1.82, 2.24) is 0 Å². The minimum Gasteiger partial charge on any atom is -0.384 e. The second-order valence-corrected chi connectivity index (χ2v) is 4.43. The fourth-order valence-corrected chi connectivity index (χ4v) is 1.71. The Hall–Kier alpha value is -2.28. The molecular weight excluding hydrogens is 274 g/mol. The molecule has 2 N–H and O–H groups in total. The Labute approximate surface area is 122 Å². The second-order valence-electron chi connectivity index (χ2n) is 4.00. The van der Waals surface area contributed by atoms with Crippen molar-refractivity contribution in [3.63, 3.8) is 0 Å². The Balaban J connectivity index is 2.06. The van der Waals surface area contributed by atoms with E-state index >= 15 is 0 Å². The first-order valence-corrected chi connectivity index (χ1v) is 6.33. The highest BCUT2D eigenvalue weighted by atomic mass is 35.5. The Morgan fingerprint density at radius 2 is 1.75 bits per heavy atom. The number of aliphatic hydroxyl groups is 1. The first kappa shape index (κ1) is 14.1. The highest BCUT2D eigenvalue weighted by Crippen LogP contribution is 2.13. The average molecular weight is 286 g/mol. The van der Waals surface area contributed by atoms with Gasteiger partial charge in [0.05, 0.1) is 0 Å². The third kappa shape index (κ3) is 3.86. The summed E-state index contributed by atoms with van der Waals surface area (Å²) in [6.07, 6.45) is 0. The normalized spacial score (nSPS) is 9.50. The Kier molecular flexibility index (Phi) is 4.78. The van der Waals surface area contributed by atoms with Gasteiger partial charge in [0, 0.05) is 21.8 Å². The van der Waals surface area contributed by atoms with E-state index in [2.05, 4.69) is 17.2 Å². The van der Waals surface area contributed by atoms with Gasteiger partial charge in [-0.3, -0.25) is 4.79 Å². The lowest BCUT2D eigenvalue weighted by Crippen LogP contribution is -2.11. The molecule has 0 saturated carbocycles. The molecule has 0 atom stereocenters. The molecule has 0 bridgehead atoms. The van der Waals surface area contributed by atoms with Crippen LogP contribution in [0, 0.1) is 11.8 Å². The summed E-state index contributed by atoms with van der Waals surface area (Å²) in [6.45, 7) is -0.172. The van der Waals surface area contributed by atoms with E-state index < -0.39 is 0 Å². The molecule has 20 heavy (non-hydrogen) atoms. The van der Waals surface area contributed by atoms with Gasteiger partial charge in [0.15, 0.2) is 0 Å². The fraction of sp³-hybridized carbons (Fsp3) is 0.0625. The highest BCUT2D eigenvalue weighted by molar-refractivity contribution is 6.30. The van der Waals surface area contributed by atoms with E-state index in [1.807, 2.05) is 0 Å². The quantitative estimate of drug-likeness (QED) is 0.834. The molecule has 0 saturated heterocycles. The van der Waals surface area contributed by atoms with Crippen LogP contribution in [-0.4, -0.2) is 17.6 Å². The second kappa shape index (κ2) is 6.76. The van der Waals surface area contributed by atoms with Crippen LogP contribution in [0.15, 0.2) is 48.5 Å². The number of hydrogen-bond acceptors (Lipinski definition) is 2. The molecule has 1 amide bonds. The molecule has 0 spiro atoms. The van der Waals surface area contributed by atoms with Crippen LogP contribution < -0.4 is 5.32 Å². The molecule has 0 aliphatic heterocycles. The monoisotopic (exact) mass is 285 g/mol. The summed E-state index contributed by atoms with van der Waals surface area (Å²) in [5.74, 6) is 5.15. The maximum Gasteiger partial charge on any atom is 0.255 e. The number of carbonyl (C=O) groups excluding carboxylic acids is 1. The molecular formula is C16H12ClNO2. The van der Waals surface area contributed by atoms with E-state index in [1.54, 1.807) is 48.5 Å². The molecule has 2 aromatic rings. The minimum absolute atomic E-state index is 0.172. The average Bonchev–Trinajstić information content (AvgIpc) is 2.47. The standard InChI is InChI=1S/C16H12ClNO2/c17-14-7-5-13(6-8-14)16(20)18-15-9-3-12(4-10-15)2-1-11-19/h3-10,19H,11H2,(H,18,20). The van der Waals surface area contributed by atoms with Crippen LogP contribution >= 0.6 is 11.6 Å². The van der Waals surface area contributed by atoms with E-state index in [0.717, 1.165) is 5.56 Å². The number of aliphatic hydroxyl groups excluding tert-OH is 1. The fourth-order valence-electron chi connectivity index (χ4n) is 1.58. The highest BCUT2D eigenvalue weighted by Gasteiger charge is 2.05. The topological polar surface area (TPSA) is 49.3 Å². The number of anilines is 1. The zero-order valence-corrected chi connectivity index (χ0v) is 11.3. The summed E-state index contributed by atoms with van der Waals surface area (Å²) >= 11 is 5.77. The number of halogens is 1. The Bertz CT molecular complexity index is 652. The first-order valence-electron chi connectivity index (χ1n) is 5.96. The van der Waals surface area contributed by atoms with Gasteiger partial charge in [0.2, 0.25) is 0 Å². The minimum atomic E-state index is -0.198. The third-order valence-corrected chi connectivity index (χ3v) is 2.81. The molecule has 0 heterocycles. The molecule has 100 valence electrons. The van der Waals surface area contributed by atoms with Gasteiger partial charge in [0.25, 0.3) is 5.91 Å². The summed E-state index contributed by atoms with van der Waals surface area (Å²) in [5, 5.41) is 12.0. The molecule has 4 heteroatoms. The molecule has 3 nitrogen and oxygen atoms in total. The van der Waals surface area contributed by atoms with Crippen molar-refractivity contribution in [2.75, 3.05) is 11.9 Å².